The van der Waals surface area contributed by atoms with Gasteiger partial charge in [0, 0.05) is 17.7 Å². The monoisotopic (exact) mass is 293 g/mol. The maximum Gasteiger partial charge on any atom is 0.220 e. The number of amides is 1. The highest BCUT2D eigenvalue weighted by Crippen LogP contribution is 2.37. The third kappa shape index (κ3) is 2.13. The molecule has 0 aliphatic heterocycles. The van der Waals surface area contributed by atoms with Gasteiger partial charge >= 0.3 is 0 Å². The zero-order valence-corrected chi connectivity index (χ0v) is 11.9. The molecule has 1 saturated carbocycles. The number of para-hydroxylation sites is 2. The summed E-state index contributed by atoms with van der Waals surface area (Å²) in [5, 5.41) is 4.39. The fraction of sp³-hybridized carbons (Fsp3) is 0.250. The zero-order chi connectivity index (χ0) is 15.1. The number of nitrogens with zero attached hydrogens (tertiary/aromatic N) is 4. The van der Waals surface area contributed by atoms with E-state index < -0.39 is 0 Å². The summed E-state index contributed by atoms with van der Waals surface area (Å²) in [7, 11) is 0. The van der Waals surface area contributed by atoms with E-state index in [0.717, 1.165) is 35.1 Å². The fourth-order valence-corrected chi connectivity index (χ4v) is 2.80. The van der Waals surface area contributed by atoms with Crippen molar-refractivity contribution < 1.29 is 4.79 Å². The van der Waals surface area contributed by atoms with Crippen LogP contribution >= 0.6 is 0 Å². The lowest BCUT2D eigenvalue weighted by molar-refractivity contribution is -0.125. The molecule has 1 aliphatic rings. The van der Waals surface area contributed by atoms with Crippen molar-refractivity contribution in [3.8, 4) is 11.3 Å². The Labute approximate surface area is 127 Å². The highest BCUT2D eigenvalue weighted by molar-refractivity contribution is 5.78. The lowest BCUT2D eigenvalue weighted by atomic mass is 9.80. The molecule has 4 rings (SSSR count). The molecule has 1 fully saturated rings. The van der Waals surface area contributed by atoms with Gasteiger partial charge in [0.25, 0.3) is 0 Å². The van der Waals surface area contributed by atoms with Gasteiger partial charge in [0.05, 0.1) is 35.2 Å². The molecule has 6 heteroatoms. The van der Waals surface area contributed by atoms with Gasteiger partial charge in [-0.05, 0) is 25.0 Å². The van der Waals surface area contributed by atoms with Gasteiger partial charge in [-0.15, -0.1) is 0 Å². The first kappa shape index (κ1) is 12.9. The molecule has 0 atom stereocenters. The summed E-state index contributed by atoms with van der Waals surface area (Å²) in [6.45, 7) is 0. The van der Waals surface area contributed by atoms with E-state index in [2.05, 4.69) is 15.1 Å². The van der Waals surface area contributed by atoms with E-state index in [1.54, 1.807) is 12.4 Å². The molecular weight excluding hydrogens is 278 g/mol. The minimum Gasteiger partial charge on any atom is -0.369 e. The van der Waals surface area contributed by atoms with Gasteiger partial charge < -0.3 is 5.73 Å². The molecule has 0 radical (unpaired) electrons. The zero-order valence-electron chi connectivity index (χ0n) is 11.9. The largest absolute Gasteiger partial charge is 0.369 e. The first-order valence-electron chi connectivity index (χ1n) is 7.26. The summed E-state index contributed by atoms with van der Waals surface area (Å²) in [6, 6.07) is 8.02. The maximum absolute atomic E-state index is 11.1. The van der Waals surface area contributed by atoms with Gasteiger partial charge in [-0.3, -0.25) is 14.5 Å². The second-order valence-electron chi connectivity index (χ2n) is 5.68. The molecule has 22 heavy (non-hydrogen) atoms. The van der Waals surface area contributed by atoms with Crippen LogP contribution in [0.4, 0.5) is 0 Å². The molecule has 3 aromatic rings. The Morgan fingerprint density at radius 3 is 2.73 bits per heavy atom. The number of hydrogen-bond acceptors (Lipinski definition) is 4. The van der Waals surface area contributed by atoms with Crippen LogP contribution in [0.3, 0.4) is 0 Å². The molecule has 1 aromatic carbocycles. The average molecular weight is 293 g/mol. The van der Waals surface area contributed by atoms with Crippen LogP contribution in [0.1, 0.15) is 18.9 Å². The van der Waals surface area contributed by atoms with E-state index in [1.807, 2.05) is 35.1 Å². The molecule has 0 unspecified atom stereocenters. The Bertz CT molecular complexity index is 850. The number of carbonyl (C=O) groups excluding carboxylic acids is 1. The Morgan fingerprint density at radius 2 is 1.95 bits per heavy atom. The van der Waals surface area contributed by atoms with Gasteiger partial charge in [-0.2, -0.15) is 5.10 Å². The predicted molar refractivity (Wildman–Crippen MR) is 81.7 cm³/mol. The highest BCUT2D eigenvalue weighted by Gasteiger charge is 2.34. The molecule has 6 nitrogen and oxygen atoms in total. The van der Waals surface area contributed by atoms with E-state index in [-0.39, 0.29) is 17.9 Å². The van der Waals surface area contributed by atoms with Gasteiger partial charge in [-0.25, -0.2) is 4.98 Å². The summed E-state index contributed by atoms with van der Waals surface area (Å²) >= 11 is 0. The van der Waals surface area contributed by atoms with Gasteiger partial charge in [0.1, 0.15) is 0 Å². The third-order valence-corrected chi connectivity index (χ3v) is 4.24. The van der Waals surface area contributed by atoms with Crippen LogP contribution in [0, 0.1) is 5.92 Å². The molecule has 0 bridgehead atoms. The lowest BCUT2D eigenvalue weighted by Crippen LogP contribution is -2.36. The van der Waals surface area contributed by atoms with E-state index in [1.165, 1.54) is 0 Å². The van der Waals surface area contributed by atoms with Crippen molar-refractivity contribution in [3.63, 3.8) is 0 Å². The maximum atomic E-state index is 11.1. The van der Waals surface area contributed by atoms with Gasteiger partial charge in [0.15, 0.2) is 0 Å². The summed E-state index contributed by atoms with van der Waals surface area (Å²) in [5.74, 6) is -0.234. The van der Waals surface area contributed by atoms with E-state index in [0.29, 0.717) is 0 Å². The normalized spacial score (nSPS) is 20.7. The number of carbonyl (C=O) groups is 1. The van der Waals surface area contributed by atoms with Crippen LogP contribution in [-0.2, 0) is 4.79 Å². The quantitative estimate of drug-likeness (QED) is 0.799. The average Bonchev–Trinajstić information content (AvgIpc) is 2.94. The van der Waals surface area contributed by atoms with Crippen molar-refractivity contribution in [3.05, 3.63) is 42.9 Å². The Balaban J connectivity index is 1.59. The lowest BCUT2D eigenvalue weighted by Gasteiger charge is -2.32. The number of aromatic nitrogens is 4. The minimum absolute atomic E-state index is 0.0156. The number of hydrogen-bond donors (Lipinski definition) is 1. The molecule has 0 saturated heterocycles. The standard InChI is InChI=1S/C16H15N5O/c17-16(22)10-5-12(6-10)21-9-11(7-19-21)15-8-18-13-3-1-2-4-14(13)20-15/h1-4,7-10,12H,5-6H2,(H2,17,22). The molecule has 1 aliphatic carbocycles. The smallest absolute Gasteiger partial charge is 0.220 e. The molecule has 0 spiro atoms. The van der Waals surface area contributed by atoms with Gasteiger partial charge in [-0.1, -0.05) is 12.1 Å². The number of fused-ring (bicyclic) bond motifs is 1. The molecule has 2 heterocycles. The van der Waals surface area contributed by atoms with Crippen LogP contribution in [0.25, 0.3) is 22.3 Å². The number of primary amides is 1. The van der Waals surface area contributed by atoms with Gasteiger partial charge in [0.2, 0.25) is 5.91 Å². The first-order chi connectivity index (χ1) is 10.7. The van der Waals surface area contributed by atoms with E-state index >= 15 is 0 Å². The first-order valence-corrected chi connectivity index (χ1v) is 7.26. The van der Waals surface area contributed by atoms with Crippen molar-refractivity contribution in [1.82, 2.24) is 19.7 Å². The number of rotatable bonds is 3. The van der Waals surface area contributed by atoms with Crippen LogP contribution < -0.4 is 5.73 Å². The van der Waals surface area contributed by atoms with E-state index in [4.69, 9.17) is 5.73 Å². The highest BCUT2D eigenvalue weighted by atomic mass is 16.1. The van der Waals surface area contributed by atoms with Crippen molar-refractivity contribution in [2.24, 2.45) is 11.7 Å². The summed E-state index contributed by atoms with van der Waals surface area (Å²) in [4.78, 5) is 20.1. The number of benzene rings is 1. The summed E-state index contributed by atoms with van der Waals surface area (Å²) in [6.07, 6.45) is 7.04. The Hall–Kier alpha value is -2.76. The fourth-order valence-electron chi connectivity index (χ4n) is 2.80. The van der Waals surface area contributed by atoms with Crippen LogP contribution in [0.15, 0.2) is 42.9 Å². The molecule has 2 aromatic heterocycles. The third-order valence-electron chi connectivity index (χ3n) is 4.24. The second kappa shape index (κ2) is 4.91. The summed E-state index contributed by atoms with van der Waals surface area (Å²) in [5.41, 5.74) is 8.78. The predicted octanol–water partition coefficient (Wildman–Crippen LogP) is 1.93. The molecule has 2 N–H and O–H groups in total. The van der Waals surface area contributed by atoms with Crippen LogP contribution in [0.2, 0.25) is 0 Å². The van der Waals surface area contributed by atoms with Crippen molar-refractivity contribution in [2.45, 2.75) is 18.9 Å². The Kier molecular flexibility index (Phi) is 2.89. The topological polar surface area (TPSA) is 86.7 Å². The van der Waals surface area contributed by atoms with E-state index in [9.17, 15) is 4.79 Å². The second-order valence-corrected chi connectivity index (χ2v) is 5.68. The van der Waals surface area contributed by atoms with Crippen LogP contribution in [0.5, 0.6) is 0 Å². The van der Waals surface area contributed by atoms with Crippen LogP contribution in [-0.4, -0.2) is 25.7 Å². The van der Waals surface area contributed by atoms with Crippen molar-refractivity contribution >= 4 is 16.9 Å². The Morgan fingerprint density at radius 1 is 1.18 bits per heavy atom. The van der Waals surface area contributed by atoms with Crippen molar-refractivity contribution in [1.29, 1.82) is 0 Å². The molecule has 1 amide bonds. The summed E-state index contributed by atoms with van der Waals surface area (Å²) < 4.78 is 1.89. The molecular formula is C16H15N5O. The number of nitrogens with two attached hydrogens (primary N) is 1. The van der Waals surface area contributed by atoms with Crippen molar-refractivity contribution in [2.75, 3.05) is 0 Å². The SMILES string of the molecule is NC(=O)C1CC(n2cc(-c3cnc4ccccc4n3)cn2)C1. The minimum atomic E-state index is -0.218. The molecule has 110 valence electrons.